The van der Waals surface area contributed by atoms with Gasteiger partial charge in [0.05, 0.1) is 25.7 Å². The fourth-order valence-electron chi connectivity index (χ4n) is 4.97. The lowest BCUT2D eigenvalue weighted by molar-refractivity contribution is -0.151. The zero-order valence-electron chi connectivity index (χ0n) is 16.7. The van der Waals surface area contributed by atoms with Crippen molar-refractivity contribution in [1.82, 2.24) is 0 Å². The van der Waals surface area contributed by atoms with Crippen LogP contribution in [0.1, 0.15) is 75.7 Å². The van der Waals surface area contributed by atoms with Crippen molar-refractivity contribution in [2.24, 2.45) is 5.41 Å². The number of methoxy groups -OCH3 is 2. The largest absolute Gasteiger partial charge is 0.496 e. The van der Waals surface area contributed by atoms with Crippen LogP contribution in [0, 0.1) is 5.41 Å². The highest BCUT2D eigenvalue weighted by atomic mass is 16.5. The summed E-state index contributed by atoms with van der Waals surface area (Å²) < 4.78 is 10.8. The Morgan fingerprint density at radius 3 is 2.50 bits per heavy atom. The van der Waals surface area contributed by atoms with Crippen molar-refractivity contribution in [3.05, 3.63) is 40.5 Å². The second kappa shape index (κ2) is 6.41. The Balaban J connectivity index is 2.23. The summed E-state index contributed by atoms with van der Waals surface area (Å²) in [6.07, 6.45) is 3.77. The highest BCUT2D eigenvalue weighted by Gasteiger charge is 2.52. The number of ether oxygens (including phenoxy) is 2. The molecule has 3 atom stereocenters. The number of rotatable bonds is 3. The minimum Gasteiger partial charge on any atom is -0.496 e. The Kier molecular flexibility index (Phi) is 4.68. The lowest BCUT2D eigenvalue weighted by Crippen LogP contribution is -2.46. The molecule has 4 heteroatoms. The SMILES string of the molecule is COC(=O)[C@]1(C)CCC[C@@]2(C)C1=CC(O)c1cc(C(C)C)c(OC)cc12. The molecule has 0 saturated heterocycles. The van der Waals surface area contributed by atoms with E-state index in [2.05, 4.69) is 32.9 Å². The number of esters is 1. The molecule has 2 aliphatic rings. The first-order valence-electron chi connectivity index (χ1n) is 9.40. The summed E-state index contributed by atoms with van der Waals surface area (Å²) in [5.74, 6) is 0.919. The van der Waals surface area contributed by atoms with Gasteiger partial charge in [-0.1, -0.05) is 33.3 Å². The maximum Gasteiger partial charge on any atom is 0.315 e. The van der Waals surface area contributed by atoms with Gasteiger partial charge in [-0.3, -0.25) is 4.79 Å². The van der Waals surface area contributed by atoms with E-state index in [9.17, 15) is 9.90 Å². The second-order valence-corrected chi connectivity index (χ2v) is 8.37. The molecule has 0 aromatic heterocycles. The van der Waals surface area contributed by atoms with E-state index in [4.69, 9.17) is 9.47 Å². The van der Waals surface area contributed by atoms with Gasteiger partial charge in [-0.15, -0.1) is 0 Å². The maximum atomic E-state index is 12.6. The number of aliphatic hydroxyl groups is 1. The topological polar surface area (TPSA) is 55.8 Å². The van der Waals surface area contributed by atoms with Crippen LogP contribution in [-0.4, -0.2) is 25.3 Å². The average molecular weight is 358 g/mol. The highest BCUT2D eigenvalue weighted by molar-refractivity contribution is 5.82. The maximum absolute atomic E-state index is 12.6. The molecular formula is C22H30O4. The molecular weight excluding hydrogens is 328 g/mol. The van der Waals surface area contributed by atoms with Crippen molar-refractivity contribution in [3.63, 3.8) is 0 Å². The summed E-state index contributed by atoms with van der Waals surface area (Å²) >= 11 is 0. The fourth-order valence-corrected chi connectivity index (χ4v) is 4.97. The smallest absolute Gasteiger partial charge is 0.315 e. The molecule has 26 heavy (non-hydrogen) atoms. The zero-order valence-corrected chi connectivity index (χ0v) is 16.7. The van der Waals surface area contributed by atoms with E-state index in [-0.39, 0.29) is 11.4 Å². The van der Waals surface area contributed by atoms with Gasteiger partial charge in [0.1, 0.15) is 5.75 Å². The van der Waals surface area contributed by atoms with Crippen molar-refractivity contribution in [3.8, 4) is 5.75 Å². The molecule has 0 bridgehead atoms. The summed E-state index contributed by atoms with van der Waals surface area (Å²) in [7, 11) is 3.12. The van der Waals surface area contributed by atoms with Crippen LogP contribution in [0.25, 0.3) is 0 Å². The number of aliphatic hydroxyl groups excluding tert-OH is 1. The minimum atomic E-state index is -0.724. The summed E-state index contributed by atoms with van der Waals surface area (Å²) in [5.41, 5.74) is 3.05. The molecule has 0 amide bonds. The van der Waals surface area contributed by atoms with Crippen molar-refractivity contribution >= 4 is 5.97 Å². The third-order valence-electron chi connectivity index (χ3n) is 6.44. The van der Waals surface area contributed by atoms with Crippen LogP contribution in [0.2, 0.25) is 0 Å². The van der Waals surface area contributed by atoms with Gasteiger partial charge in [0.25, 0.3) is 0 Å². The minimum absolute atomic E-state index is 0.226. The molecule has 3 rings (SSSR count). The van der Waals surface area contributed by atoms with E-state index in [1.165, 1.54) is 7.11 Å². The monoisotopic (exact) mass is 358 g/mol. The third kappa shape index (κ3) is 2.58. The van der Waals surface area contributed by atoms with Crippen LogP contribution in [0.3, 0.4) is 0 Å². The van der Waals surface area contributed by atoms with E-state index in [0.29, 0.717) is 5.92 Å². The Morgan fingerprint density at radius 1 is 1.23 bits per heavy atom. The predicted octanol–water partition coefficient (Wildman–Crippen LogP) is 4.41. The van der Waals surface area contributed by atoms with E-state index < -0.39 is 11.5 Å². The molecule has 142 valence electrons. The summed E-state index contributed by atoms with van der Waals surface area (Å²) in [4.78, 5) is 12.6. The number of carbonyl (C=O) groups is 1. The van der Waals surface area contributed by atoms with E-state index in [0.717, 1.165) is 47.3 Å². The van der Waals surface area contributed by atoms with E-state index >= 15 is 0 Å². The predicted molar refractivity (Wildman–Crippen MR) is 101 cm³/mol. The van der Waals surface area contributed by atoms with Crippen molar-refractivity contribution in [1.29, 1.82) is 0 Å². The normalized spacial score (nSPS) is 30.3. The van der Waals surface area contributed by atoms with Gasteiger partial charge in [0, 0.05) is 5.41 Å². The van der Waals surface area contributed by atoms with Crippen LogP contribution in [0.5, 0.6) is 5.75 Å². The van der Waals surface area contributed by atoms with Crippen molar-refractivity contribution in [2.75, 3.05) is 14.2 Å². The average Bonchev–Trinajstić information content (AvgIpc) is 2.62. The molecule has 1 N–H and O–H groups in total. The Hall–Kier alpha value is -1.81. The molecule has 1 fully saturated rings. The molecule has 2 aliphatic carbocycles. The summed E-state index contributed by atoms with van der Waals surface area (Å²) in [5, 5.41) is 10.9. The lowest BCUT2D eigenvalue weighted by atomic mass is 9.54. The van der Waals surface area contributed by atoms with Crippen molar-refractivity contribution < 1.29 is 19.4 Å². The van der Waals surface area contributed by atoms with Crippen LogP contribution in [-0.2, 0) is 14.9 Å². The fraction of sp³-hybridized carbons (Fsp3) is 0.591. The first-order chi connectivity index (χ1) is 12.2. The number of carbonyl (C=O) groups excluding carboxylic acids is 1. The van der Waals surface area contributed by atoms with E-state index in [1.54, 1.807) is 7.11 Å². The quantitative estimate of drug-likeness (QED) is 0.642. The molecule has 4 nitrogen and oxygen atoms in total. The van der Waals surface area contributed by atoms with Gasteiger partial charge < -0.3 is 14.6 Å². The first kappa shape index (κ1) is 19.0. The van der Waals surface area contributed by atoms with Gasteiger partial charge in [-0.25, -0.2) is 0 Å². The van der Waals surface area contributed by atoms with E-state index in [1.807, 2.05) is 13.0 Å². The number of fused-ring (bicyclic) bond motifs is 3. The Labute approximate surface area is 156 Å². The Bertz CT molecular complexity index is 764. The molecule has 0 radical (unpaired) electrons. The number of hydrogen-bond donors (Lipinski definition) is 1. The molecule has 1 saturated carbocycles. The lowest BCUT2D eigenvalue weighted by Gasteiger charge is -2.49. The van der Waals surface area contributed by atoms with Crippen LogP contribution >= 0.6 is 0 Å². The molecule has 0 aliphatic heterocycles. The molecule has 1 aromatic rings. The number of benzene rings is 1. The highest BCUT2D eigenvalue weighted by Crippen LogP contribution is 2.57. The van der Waals surface area contributed by atoms with Crippen LogP contribution in [0.4, 0.5) is 0 Å². The summed E-state index contributed by atoms with van der Waals surface area (Å²) in [6, 6.07) is 4.15. The molecule has 1 aromatic carbocycles. The van der Waals surface area contributed by atoms with Gasteiger partial charge in [-0.05, 0) is 60.1 Å². The standard InChI is InChI=1S/C22H30O4/c1-13(2)14-10-15-16(11-18(14)25-5)21(3)8-7-9-22(4,20(24)26-6)19(21)12-17(15)23/h10-13,17,23H,7-9H2,1-6H3/t17?,21-,22-/m1/s1. The molecule has 0 heterocycles. The van der Waals surface area contributed by atoms with Crippen LogP contribution in [0.15, 0.2) is 23.8 Å². The zero-order chi connectivity index (χ0) is 19.3. The van der Waals surface area contributed by atoms with Gasteiger partial charge in [0.15, 0.2) is 0 Å². The molecule has 0 spiro atoms. The van der Waals surface area contributed by atoms with Crippen molar-refractivity contribution in [2.45, 2.75) is 64.4 Å². The second-order valence-electron chi connectivity index (χ2n) is 8.37. The Morgan fingerprint density at radius 2 is 1.92 bits per heavy atom. The first-order valence-corrected chi connectivity index (χ1v) is 9.40. The molecule has 1 unspecified atom stereocenters. The van der Waals surface area contributed by atoms with Crippen LogP contribution < -0.4 is 4.74 Å². The summed E-state index contributed by atoms with van der Waals surface area (Å²) in [6.45, 7) is 8.37. The third-order valence-corrected chi connectivity index (χ3v) is 6.44. The van der Waals surface area contributed by atoms with Gasteiger partial charge >= 0.3 is 5.97 Å². The number of hydrogen-bond acceptors (Lipinski definition) is 4. The van der Waals surface area contributed by atoms with Gasteiger partial charge in [0.2, 0.25) is 0 Å². The van der Waals surface area contributed by atoms with Gasteiger partial charge in [-0.2, -0.15) is 0 Å².